The molecule has 4 aromatic carbocycles. The molecule has 2 aromatic heterocycles. The Kier molecular flexibility index (Phi) is 5.26. The first-order chi connectivity index (χ1) is 21.4. The molecule has 5 nitrogen and oxygen atoms in total. The Morgan fingerprint density at radius 2 is 1.52 bits per heavy atom. The zero-order chi connectivity index (χ0) is 31.7. The van der Waals surface area contributed by atoms with Gasteiger partial charge < -0.3 is 14.5 Å². The van der Waals surface area contributed by atoms with Gasteiger partial charge in [0.25, 0.3) is 0 Å². The molecule has 0 atom stereocenters. The summed E-state index contributed by atoms with van der Waals surface area (Å²) in [6, 6.07) is 30.8. The lowest BCUT2D eigenvalue weighted by molar-refractivity contribution is 0.478. The van der Waals surface area contributed by atoms with Gasteiger partial charge in [-0.2, -0.15) is 0 Å². The van der Waals surface area contributed by atoms with E-state index in [4.69, 9.17) is 13.8 Å². The van der Waals surface area contributed by atoms with Crippen LogP contribution in [-0.4, -0.2) is 23.2 Å². The van der Waals surface area contributed by atoms with E-state index in [1.807, 2.05) is 55.6 Å². The molecule has 0 saturated carbocycles. The average Bonchev–Trinajstić information content (AvgIpc) is 3.53. The molecule has 1 aliphatic heterocycles. The first-order valence-corrected chi connectivity index (χ1v) is 14.3. The van der Waals surface area contributed by atoms with Gasteiger partial charge in [0.2, 0.25) is 0 Å². The summed E-state index contributed by atoms with van der Waals surface area (Å²) in [6.07, 6.45) is 1.82. The molecule has 0 fully saturated rings. The number of aryl methyl sites for hydroxylation is 2. The van der Waals surface area contributed by atoms with Crippen molar-refractivity contribution in [2.45, 2.75) is 40.0 Å². The number of hydrogen-bond donors (Lipinski definition) is 0. The van der Waals surface area contributed by atoms with Crippen molar-refractivity contribution in [1.82, 2.24) is 9.55 Å². The van der Waals surface area contributed by atoms with Crippen LogP contribution in [-0.2, 0) is 5.41 Å². The predicted molar refractivity (Wildman–Crippen MR) is 175 cm³/mol. The van der Waals surface area contributed by atoms with Gasteiger partial charge in [-0.15, -0.1) is 0 Å². The number of fused-ring (bicyclic) bond motifs is 4. The number of benzene rings is 4. The Bertz CT molecular complexity index is 2040. The van der Waals surface area contributed by atoms with E-state index in [-0.39, 0.29) is 12.1 Å². The van der Waals surface area contributed by atoms with Crippen LogP contribution in [0.2, 0.25) is 0 Å². The third kappa shape index (κ3) is 4.37. The van der Waals surface area contributed by atoms with Crippen molar-refractivity contribution in [3.63, 3.8) is 0 Å². The van der Waals surface area contributed by atoms with E-state index in [0.717, 1.165) is 55.7 Å². The van der Waals surface area contributed by atoms with Gasteiger partial charge >= 0.3 is 0 Å². The molecule has 1 aliphatic rings. The van der Waals surface area contributed by atoms with Crippen molar-refractivity contribution in [2.75, 3.05) is 23.4 Å². The SMILES string of the molecule is [2H]C([2H])([2H])N1CN(c2cc(Oc3cccc(-n4c5ccccc5c5cccnc54)c3)cc(C(C)(C)C)c2)c2cc(C)c(C)cc21. The lowest BCUT2D eigenvalue weighted by atomic mass is 9.86. The first-order valence-electron chi connectivity index (χ1n) is 15.8. The van der Waals surface area contributed by atoms with Crippen LogP contribution in [0, 0.1) is 13.8 Å². The zero-order valence-corrected chi connectivity index (χ0v) is 24.6. The fraction of sp³-hybridized carbons (Fsp3) is 0.216. The van der Waals surface area contributed by atoms with E-state index in [0.29, 0.717) is 17.2 Å². The van der Waals surface area contributed by atoms with Crippen LogP contribution in [0.25, 0.3) is 27.6 Å². The minimum Gasteiger partial charge on any atom is -0.457 e. The van der Waals surface area contributed by atoms with Crippen molar-refractivity contribution >= 4 is 39.0 Å². The maximum atomic E-state index is 8.25. The second-order valence-electron chi connectivity index (χ2n) is 12.2. The second-order valence-corrected chi connectivity index (χ2v) is 12.2. The summed E-state index contributed by atoms with van der Waals surface area (Å²) in [7, 11) is 0. The highest BCUT2D eigenvalue weighted by Gasteiger charge is 2.27. The van der Waals surface area contributed by atoms with Gasteiger partial charge in [-0.25, -0.2) is 4.98 Å². The Hall–Kier alpha value is -4.77. The van der Waals surface area contributed by atoms with E-state index in [1.54, 1.807) is 0 Å². The summed E-state index contributed by atoms with van der Waals surface area (Å²) >= 11 is 0. The molecule has 6 aromatic rings. The number of ether oxygens (including phenoxy) is 1. The van der Waals surface area contributed by atoms with Gasteiger partial charge in [-0.3, -0.25) is 4.57 Å². The number of anilines is 3. The second kappa shape index (κ2) is 9.66. The monoisotopic (exact) mass is 555 g/mol. The van der Waals surface area contributed by atoms with Crippen LogP contribution in [0.3, 0.4) is 0 Å². The molecule has 0 saturated heterocycles. The minimum atomic E-state index is -2.27. The number of para-hydroxylation sites is 1. The smallest absolute Gasteiger partial charge is 0.145 e. The summed E-state index contributed by atoms with van der Waals surface area (Å²) in [6.45, 7) is 8.55. The number of hydrogen-bond acceptors (Lipinski definition) is 4. The highest BCUT2D eigenvalue weighted by molar-refractivity contribution is 6.07. The van der Waals surface area contributed by atoms with Gasteiger partial charge in [0, 0.05) is 45.9 Å². The molecule has 0 aliphatic carbocycles. The van der Waals surface area contributed by atoms with Gasteiger partial charge in [0.15, 0.2) is 0 Å². The summed E-state index contributed by atoms with van der Waals surface area (Å²) < 4.78 is 33.5. The van der Waals surface area contributed by atoms with Crippen molar-refractivity contribution in [2.24, 2.45) is 0 Å². The summed E-state index contributed by atoms with van der Waals surface area (Å²) in [5.41, 5.74) is 8.52. The third-order valence-corrected chi connectivity index (χ3v) is 8.27. The molecule has 0 radical (unpaired) electrons. The molecule has 7 rings (SSSR count). The molecule has 0 N–H and O–H groups in total. The van der Waals surface area contributed by atoms with Crippen LogP contribution < -0.4 is 14.5 Å². The molecule has 0 spiro atoms. The highest BCUT2D eigenvalue weighted by Crippen LogP contribution is 2.44. The number of rotatable bonds is 4. The summed E-state index contributed by atoms with van der Waals surface area (Å²) in [5.74, 6) is 1.39. The lowest BCUT2D eigenvalue weighted by Gasteiger charge is -2.26. The average molecular weight is 556 g/mol. The number of pyridine rings is 1. The van der Waals surface area contributed by atoms with Crippen molar-refractivity contribution < 1.29 is 8.85 Å². The highest BCUT2D eigenvalue weighted by atomic mass is 16.5. The van der Waals surface area contributed by atoms with Crippen molar-refractivity contribution in [3.8, 4) is 17.2 Å². The zero-order valence-electron chi connectivity index (χ0n) is 27.6. The molecule has 42 heavy (non-hydrogen) atoms. The van der Waals surface area contributed by atoms with Gasteiger partial charge in [-0.1, -0.05) is 45.0 Å². The number of nitrogens with zero attached hydrogens (tertiary/aromatic N) is 4. The van der Waals surface area contributed by atoms with Crippen LogP contribution in [0.4, 0.5) is 17.1 Å². The fourth-order valence-electron chi connectivity index (χ4n) is 5.84. The molecule has 3 heterocycles. The summed E-state index contributed by atoms with van der Waals surface area (Å²) in [4.78, 5) is 8.31. The Labute approximate surface area is 251 Å². The molecule has 0 unspecified atom stereocenters. The van der Waals surface area contributed by atoms with E-state index in [2.05, 4.69) is 85.7 Å². The van der Waals surface area contributed by atoms with E-state index in [9.17, 15) is 0 Å². The molecule has 210 valence electrons. The normalized spacial score (nSPS) is 14.6. The molecular formula is C37H36N4O. The van der Waals surface area contributed by atoms with Gasteiger partial charge in [-0.05, 0) is 90.6 Å². The molecule has 5 heteroatoms. The molecule has 0 amide bonds. The van der Waals surface area contributed by atoms with Crippen molar-refractivity contribution in [3.05, 3.63) is 114 Å². The van der Waals surface area contributed by atoms with E-state index < -0.39 is 6.98 Å². The molecule has 0 bridgehead atoms. The maximum Gasteiger partial charge on any atom is 0.145 e. The van der Waals surface area contributed by atoms with Crippen molar-refractivity contribution in [1.29, 1.82) is 0 Å². The van der Waals surface area contributed by atoms with Gasteiger partial charge in [0.05, 0.1) is 29.2 Å². The standard InChI is InChI=1S/C37H36N4O/c1-24-17-34-35(18-25(24)2)40(23-39(34)6)28-19-26(37(3,4)5)20-30(22-28)42-29-12-9-11-27(21-29)41-33-15-8-7-13-31(33)32-14-10-16-38-36(32)41/h7-22H,23H2,1-6H3/i6D3. The number of aromatic nitrogens is 2. The minimum absolute atomic E-state index is 0.167. The predicted octanol–water partition coefficient (Wildman–Crippen LogP) is 9.43. The quantitative estimate of drug-likeness (QED) is 0.217. The topological polar surface area (TPSA) is 33.5 Å². The Balaban J connectivity index is 1.31. The molecular weight excluding hydrogens is 516 g/mol. The van der Waals surface area contributed by atoms with Crippen LogP contribution in [0.1, 0.15) is 41.6 Å². The lowest BCUT2D eigenvalue weighted by Crippen LogP contribution is -2.24. The van der Waals surface area contributed by atoms with Crippen LogP contribution >= 0.6 is 0 Å². The maximum absolute atomic E-state index is 8.25. The Morgan fingerprint density at radius 1 is 0.762 bits per heavy atom. The van der Waals surface area contributed by atoms with Crippen LogP contribution in [0.5, 0.6) is 11.5 Å². The summed E-state index contributed by atoms with van der Waals surface area (Å²) in [5, 5.41) is 2.25. The van der Waals surface area contributed by atoms with E-state index >= 15 is 0 Å². The third-order valence-electron chi connectivity index (χ3n) is 8.27. The Morgan fingerprint density at radius 3 is 2.33 bits per heavy atom. The fourth-order valence-corrected chi connectivity index (χ4v) is 5.84. The van der Waals surface area contributed by atoms with E-state index in [1.165, 1.54) is 4.90 Å². The van der Waals surface area contributed by atoms with Gasteiger partial charge in [0.1, 0.15) is 17.1 Å². The largest absolute Gasteiger partial charge is 0.457 e. The van der Waals surface area contributed by atoms with Crippen LogP contribution in [0.15, 0.2) is 97.2 Å². The first kappa shape index (κ1) is 22.9.